The number of benzene rings is 1. The molecule has 2 fully saturated rings. The number of para-hydroxylation sites is 1. The van der Waals surface area contributed by atoms with Crippen LogP contribution in [0.5, 0.6) is 0 Å². The lowest BCUT2D eigenvalue weighted by atomic mass is 10.1. The van der Waals surface area contributed by atoms with Gasteiger partial charge in [-0.15, -0.1) is 10.2 Å². The van der Waals surface area contributed by atoms with Gasteiger partial charge in [-0.1, -0.05) is 30.3 Å². The first-order valence-electron chi connectivity index (χ1n) is 10.9. The van der Waals surface area contributed by atoms with Gasteiger partial charge in [-0.2, -0.15) is 0 Å². The maximum absolute atomic E-state index is 9.92. The zero-order chi connectivity index (χ0) is 21.1. The summed E-state index contributed by atoms with van der Waals surface area (Å²) in [7, 11) is 0. The van der Waals surface area contributed by atoms with Crippen LogP contribution in [0.3, 0.4) is 0 Å². The topological polar surface area (TPSA) is 86.8 Å². The zero-order valence-corrected chi connectivity index (χ0v) is 17.4. The van der Waals surface area contributed by atoms with Gasteiger partial charge >= 0.3 is 0 Å². The Kier molecular flexibility index (Phi) is 4.31. The molecule has 1 aromatic carbocycles. The molecule has 0 unspecified atom stereocenters. The number of rotatable bonds is 4. The molecule has 0 spiro atoms. The van der Waals surface area contributed by atoms with Crippen molar-refractivity contribution in [1.82, 2.24) is 24.5 Å². The standard InChI is InChI=1S/C24H25N5O2/c1-14(28-12-20(30)21(31)13-28)17-8-10-22-26-27-24(29(22)11-17)19-9-7-16-3-2-4-18(15-5-6-15)23(16)25-19/h2-4,7-11,14-15,20-21,30-31H,5-6,12-13H2,1H3/t14-,20+,21+/m0/s1. The van der Waals surface area contributed by atoms with E-state index in [1.807, 2.05) is 28.8 Å². The van der Waals surface area contributed by atoms with E-state index in [0.717, 1.165) is 33.6 Å². The molecule has 4 aromatic rings. The molecule has 31 heavy (non-hydrogen) atoms. The molecule has 7 heteroatoms. The third kappa shape index (κ3) is 3.20. The van der Waals surface area contributed by atoms with Gasteiger partial charge in [-0.3, -0.25) is 9.30 Å². The van der Waals surface area contributed by atoms with Gasteiger partial charge in [-0.25, -0.2) is 4.98 Å². The molecule has 1 saturated heterocycles. The molecular formula is C24H25N5O2. The molecule has 4 heterocycles. The maximum Gasteiger partial charge on any atom is 0.187 e. The number of nitrogens with zero attached hydrogens (tertiary/aromatic N) is 5. The lowest BCUT2D eigenvalue weighted by Crippen LogP contribution is -2.25. The summed E-state index contributed by atoms with van der Waals surface area (Å²) < 4.78 is 1.99. The highest BCUT2D eigenvalue weighted by Crippen LogP contribution is 2.42. The largest absolute Gasteiger partial charge is 0.389 e. The third-order valence-corrected chi connectivity index (χ3v) is 6.74. The highest BCUT2D eigenvalue weighted by molar-refractivity contribution is 5.84. The third-order valence-electron chi connectivity index (χ3n) is 6.74. The molecule has 6 rings (SSSR count). The van der Waals surface area contributed by atoms with Crippen molar-refractivity contribution in [2.24, 2.45) is 0 Å². The second-order valence-electron chi connectivity index (χ2n) is 8.87. The van der Waals surface area contributed by atoms with Crippen molar-refractivity contribution >= 4 is 16.6 Å². The van der Waals surface area contributed by atoms with Gasteiger partial charge in [0.1, 0.15) is 5.69 Å². The molecule has 3 aromatic heterocycles. The maximum atomic E-state index is 9.92. The summed E-state index contributed by atoms with van der Waals surface area (Å²) in [5, 5.41) is 29.8. The van der Waals surface area contributed by atoms with Crippen molar-refractivity contribution in [3.05, 3.63) is 59.8 Å². The van der Waals surface area contributed by atoms with E-state index in [0.29, 0.717) is 19.0 Å². The van der Waals surface area contributed by atoms with Crippen LogP contribution in [-0.4, -0.2) is 60.0 Å². The Balaban J connectivity index is 1.41. The first-order valence-corrected chi connectivity index (χ1v) is 10.9. The van der Waals surface area contributed by atoms with Crippen molar-refractivity contribution in [3.63, 3.8) is 0 Å². The van der Waals surface area contributed by atoms with Crippen molar-refractivity contribution in [2.45, 2.75) is 43.9 Å². The molecule has 0 bridgehead atoms. The van der Waals surface area contributed by atoms with Crippen LogP contribution in [0.25, 0.3) is 28.1 Å². The molecule has 0 amide bonds. The van der Waals surface area contributed by atoms with Gasteiger partial charge in [0.05, 0.1) is 17.7 Å². The minimum Gasteiger partial charge on any atom is -0.389 e. The molecule has 1 aliphatic carbocycles. The quantitative estimate of drug-likeness (QED) is 0.533. The first-order chi connectivity index (χ1) is 15.1. The van der Waals surface area contributed by atoms with E-state index in [1.54, 1.807) is 0 Å². The van der Waals surface area contributed by atoms with E-state index in [2.05, 4.69) is 46.3 Å². The van der Waals surface area contributed by atoms with Gasteiger partial charge in [-0.05, 0) is 48.9 Å². The average molecular weight is 415 g/mol. The average Bonchev–Trinajstić information content (AvgIpc) is 3.46. The van der Waals surface area contributed by atoms with E-state index in [-0.39, 0.29) is 6.04 Å². The Labute approximate surface area is 180 Å². The number of aliphatic hydroxyl groups excluding tert-OH is 2. The molecule has 7 nitrogen and oxygen atoms in total. The van der Waals surface area contributed by atoms with Gasteiger partial charge in [0.2, 0.25) is 0 Å². The number of likely N-dealkylation sites (tertiary alicyclic amines) is 1. The van der Waals surface area contributed by atoms with Crippen LogP contribution in [0.15, 0.2) is 48.7 Å². The van der Waals surface area contributed by atoms with E-state index in [4.69, 9.17) is 4.98 Å². The van der Waals surface area contributed by atoms with Gasteiger partial charge < -0.3 is 10.2 Å². The minimum absolute atomic E-state index is 0.0532. The Morgan fingerprint density at radius 1 is 0.968 bits per heavy atom. The van der Waals surface area contributed by atoms with E-state index < -0.39 is 12.2 Å². The number of fused-ring (bicyclic) bond motifs is 2. The zero-order valence-electron chi connectivity index (χ0n) is 17.4. The lowest BCUT2D eigenvalue weighted by Gasteiger charge is -2.24. The monoisotopic (exact) mass is 415 g/mol. The summed E-state index contributed by atoms with van der Waals surface area (Å²) in [6.07, 6.45) is 3.13. The Hall–Kier alpha value is -2.87. The second-order valence-corrected chi connectivity index (χ2v) is 8.87. The van der Waals surface area contributed by atoms with Crippen molar-refractivity contribution in [3.8, 4) is 11.5 Å². The molecule has 2 N–H and O–H groups in total. The molecule has 1 aliphatic heterocycles. The molecule has 158 valence electrons. The Morgan fingerprint density at radius 3 is 2.55 bits per heavy atom. The second kappa shape index (κ2) is 7.09. The smallest absolute Gasteiger partial charge is 0.187 e. The van der Waals surface area contributed by atoms with E-state index >= 15 is 0 Å². The Bertz CT molecular complexity index is 1270. The van der Waals surface area contributed by atoms with E-state index in [9.17, 15) is 10.2 Å². The summed E-state index contributed by atoms with van der Waals surface area (Å²) in [6.45, 7) is 3.02. The summed E-state index contributed by atoms with van der Waals surface area (Å²) in [6, 6.07) is 14.6. The first kappa shape index (κ1) is 18.9. The van der Waals surface area contributed by atoms with Crippen LogP contribution >= 0.6 is 0 Å². The number of aromatic nitrogens is 4. The van der Waals surface area contributed by atoms with E-state index in [1.165, 1.54) is 18.4 Å². The van der Waals surface area contributed by atoms with Crippen molar-refractivity contribution in [2.75, 3.05) is 13.1 Å². The minimum atomic E-state index is -0.695. The van der Waals surface area contributed by atoms with Crippen LogP contribution in [0, 0.1) is 0 Å². The van der Waals surface area contributed by atoms with Gasteiger partial charge in [0, 0.05) is 30.7 Å². The molecule has 3 atom stereocenters. The van der Waals surface area contributed by atoms with Crippen LogP contribution in [-0.2, 0) is 0 Å². The van der Waals surface area contributed by atoms with Crippen molar-refractivity contribution < 1.29 is 10.2 Å². The number of pyridine rings is 2. The number of hydrogen-bond acceptors (Lipinski definition) is 6. The van der Waals surface area contributed by atoms with Crippen LogP contribution in [0.4, 0.5) is 0 Å². The molecule has 1 saturated carbocycles. The van der Waals surface area contributed by atoms with Gasteiger partial charge in [0.15, 0.2) is 11.5 Å². The summed E-state index contributed by atoms with van der Waals surface area (Å²) >= 11 is 0. The summed E-state index contributed by atoms with van der Waals surface area (Å²) in [5.41, 5.74) is 5.04. The fraction of sp³-hybridized carbons (Fsp3) is 0.375. The van der Waals surface area contributed by atoms with Crippen LogP contribution < -0.4 is 0 Å². The normalized spacial score (nSPS) is 23.1. The van der Waals surface area contributed by atoms with Gasteiger partial charge in [0.25, 0.3) is 0 Å². The summed E-state index contributed by atoms with van der Waals surface area (Å²) in [4.78, 5) is 7.09. The highest BCUT2D eigenvalue weighted by Gasteiger charge is 2.33. The molecular weight excluding hydrogens is 390 g/mol. The Morgan fingerprint density at radius 2 is 1.77 bits per heavy atom. The fourth-order valence-corrected chi connectivity index (χ4v) is 4.67. The SMILES string of the molecule is C[C@@H](c1ccc2nnc(-c3ccc4cccc(C5CC5)c4n3)n2c1)N1C[C@@H](O)[C@H](O)C1. The lowest BCUT2D eigenvalue weighted by molar-refractivity contribution is 0.0572. The number of β-amino-alcohol motifs (C(OH)–C–C–N with tert-alkyl or cyclic N) is 2. The predicted octanol–water partition coefficient (Wildman–Crippen LogP) is 2.92. The van der Waals surface area contributed by atoms with Crippen LogP contribution in [0.1, 0.15) is 42.9 Å². The molecule has 0 radical (unpaired) electrons. The predicted molar refractivity (Wildman–Crippen MR) is 118 cm³/mol. The van der Waals surface area contributed by atoms with Crippen LogP contribution in [0.2, 0.25) is 0 Å². The fourth-order valence-electron chi connectivity index (χ4n) is 4.67. The molecule has 2 aliphatic rings. The summed E-state index contributed by atoms with van der Waals surface area (Å²) in [5.74, 6) is 1.35. The highest BCUT2D eigenvalue weighted by atomic mass is 16.3. The number of hydrogen-bond donors (Lipinski definition) is 2. The van der Waals surface area contributed by atoms with Crippen molar-refractivity contribution in [1.29, 1.82) is 0 Å². The number of aliphatic hydroxyl groups is 2.